The zero-order valence-electron chi connectivity index (χ0n) is 11.4. The molecule has 0 amide bonds. The molecule has 0 saturated carbocycles. The lowest BCUT2D eigenvalue weighted by molar-refractivity contribution is 0.0689. The predicted octanol–water partition coefficient (Wildman–Crippen LogP) is 3.06. The molecule has 0 saturated heterocycles. The highest BCUT2D eigenvalue weighted by Gasteiger charge is 2.15. The third kappa shape index (κ3) is 5.17. The first-order valence-corrected chi connectivity index (χ1v) is 6.52. The number of ether oxygens (including phenoxy) is 2. The zero-order chi connectivity index (χ0) is 15.0. The normalized spacial score (nSPS) is 10.1. The molecule has 0 spiro atoms. The molecule has 6 nitrogen and oxygen atoms in total. The Morgan fingerprint density at radius 3 is 2.65 bits per heavy atom. The van der Waals surface area contributed by atoms with Crippen molar-refractivity contribution in [2.24, 2.45) is 0 Å². The SMILES string of the molecule is CCCCCCOC(=O)Oc1ccc(N)cc1C(=O)O. The standard InChI is InChI=1S/C14H19NO5/c1-2-3-4-5-8-19-14(18)20-12-7-6-10(15)9-11(12)13(16)17/h6-7,9H,2-5,8,15H2,1H3,(H,16,17). The van der Waals surface area contributed by atoms with Crippen LogP contribution in [0.1, 0.15) is 43.0 Å². The number of unbranched alkanes of at least 4 members (excludes halogenated alkanes) is 3. The molecule has 0 unspecified atom stereocenters. The highest BCUT2D eigenvalue weighted by Crippen LogP contribution is 2.21. The Balaban J connectivity index is 2.51. The van der Waals surface area contributed by atoms with E-state index in [1.165, 1.54) is 18.2 Å². The second-order valence-electron chi connectivity index (χ2n) is 4.32. The van der Waals surface area contributed by atoms with Gasteiger partial charge in [-0.25, -0.2) is 9.59 Å². The number of carboxylic acid groups (broad SMARTS) is 1. The van der Waals surface area contributed by atoms with E-state index in [9.17, 15) is 9.59 Å². The first-order chi connectivity index (χ1) is 9.54. The van der Waals surface area contributed by atoms with Crippen molar-refractivity contribution in [1.82, 2.24) is 0 Å². The number of anilines is 1. The van der Waals surface area contributed by atoms with Crippen molar-refractivity contribution < 1.29 is 24.2 Å². The Labute approximate surface area is 117 Å². The van der Waals surface area contributed by atoms with Crippen molar-refractivity contribution >= 4 is 17.8 Å². The fraction of sp³-hybridized carbons (Fsp3) is 0.429. The molecule has 20 heavy (non-hydrogen) atoms. The van der Waals surface area contributed by atoms with E-state index in [0.717, 1.165) is 25.7 Å². The first-order valence-electron chi connectivity index (χ1n) is 6.52. The van der Waals surface area contributed by atoms with Gasteiger partial charge in [-0.2, -0.15) is 0 Å². The second-order valence-corrected chi connectivity index (χ2v) is 4.32. The molecule has 0 aromatic heterocycles. The summed E-state index contributed by atoms with van der Waals surface area (Å²) in [5, 5.41) is 8.99. The molecule has 110 valence electrons. The summed E-state index contributed by atoms with van der Waals surface area (Å²) in [6.07, 6.45) is 3.01. The minimum Gasteiger partial charge on any atom is -0.478 e. The molecule has 1 aromatic rings. The van der Waals surface area contributed by atoms with Gasteiger partial charge in [0, 0.05) is 5.69 Å². The molecule has 0 radical (unpaired) electrons. The summed E-state index contributed by atoms with van der Waals surface area (Å²) in [5.74, 6) is -1.30. The van der Waals surface area contributed by atoms with Crippen LogP contribution in [0.25, 0.3) is 0 Å². The molecular weight excluding hydrogens is 262 g/mol. The largest absolute Gasteiger partial charge is 0.513 e. The molecule has 0 heterocycles. The lowest BCUT2D eigenvalue weighted by Crippen LogP contribution is -2.14. The molecular formula is C14H19NO5. The number of nitrogens with two attached hydrogens (primary N) is 1. The van der Waals surface area contributed by atoms with Gasteiger partial charge in [0.15, 0.2) is 0 Å². The summed E-state index contributed by atoms with van der Waals surface area (Å²) in [5.41, 5.74) is 5.59. The van der Waals surface area contributed by atoms with Gasteiger partial charge in [-0.1, -0.05) is 26.2 Å². The van der Waals surface area contributed by atoms with Gasteiger partial charge in [-0.3, -0.25) is 0 Å². The van der Waals surface area contributed by atoms with Crippen molar-refractivity contribution in [2.45, 2.75) is 32.6 Å². The van der Waals surface area contributed by atoms with Crippen LogP contribution in [0.15, 0.2) is 18.2 Å². The van der Waals surface area contributed by atoms with Crippen LogP contribution < -0.4 is 10.5 Å². The zero-order valence-corrected chi connectivity index (χ0v) is 11.4. The number of aromatic carboxylic acids is 1. The van der Waals surface area contributed by atoms with Gasteiger partial charge >= 0.3 is 12.1 Å². The highest BCUT2D eigenvalue weighted by atomic mass is 16.7. The van der Waals surface area contributed by atoms with Crippen molar-refractivity contribution in [2.75, 3.05) is 12.3 Å². The maximum Gasteiger partial charge on any atom is 0.513 e. The Hall–Kier alpha value is -2.24. The van der Waals surface area contributed by atoms with Crippen LogP contribution in [-0.2, 0) is 4.74 Å². The lowest BCUT2D eigenvalue weighted by atomic mass is 10.2. The molecule has 0 fully saturated rings. The van der Waals surface area contributed by atoms with E-state index >= 15 is 0 Å². The van der Waals surface area contributed by atoms with E-state index in [0.29, 0.717) is 0 Å². The van der Waals surface area contributed by atoms with E-state index in [2.05, 4.69) is 6.92 Å². The number of rotatable bonds is 7. The van der Waals surface area contributed by atoms with E-state index < -0.39 is 12.1 Å². The van der Waals surface area contributed by atoms with Crippen LogP contribution >= 0.6 is 0 Å². The average molecular weight is 281 g/mol. The van der Waals surface area contributed by atoms with E-state index in [1.807, 2.05) is 0 Å². The molecule has 3 N–H and O–H groups in total. The van der Waals surface area contributed by atoms with Crippen LogP contribution in [0.4, 0.5) is 10.5 Å². The van der Waals surface area contributed by atoms with Crippen molar-refractivity contribution in [3.63, 3.8) is 0 Å². The number of carbonyl (C=O) groups is 2. The van der Waals surface area contributed by atoms with Crippen LogP contribution in [-0.4, -0.2) is 23.8 Å². The second kappa shape index (κ2) is 8.04. The van der Waals surface area contributed by atoms with Gasteiger partial charge in [0.2, 0.25) is 0 Å². The summed E-state index contributed by atoms with van der Waals surface area (Å²) in [6, 6.07) is 4.01. The van der Waals surface area contributed by atoms with Crippen LogP contribution in [0.5, 0.6) is 5.75 Å². The summed E-state index contributed by atoms with van der Waals surface area (Å²) >= 11 is 0. The summed E-state index contributed by atoms with van der Waals surface area (Å²) in [7, 11) is 0. The minimum atomic E-state index is -1.22. The Morgan fingerprint density at radius 1 is 1.25 bits per heavy atom. The molecule has 0 atom stereocenters. The van der Waals surface area contributed by atoms with Gasteiger partial charge in [-0.15, -0.1) is 0 Å². The van der Waals surface area contributed by atoms with Crippen LogP contribution in [0, 0.1) is 0 Å². The Morgan fingerprint density at radius 2 is 2.00 bits per heavy atom. The molecule has 1 aromatic carbocycles. The quantitative estimate of drug-likeness (QED) is 0.345. The molecule has 0 aliphatic rings. The summed E-state index contributed by atoms with van der Waals surface area (Å²) < 4.78 is 9.74. The number of benzene rings is 1. The first kappa shape index (κ1) is 15.8. The van der Waals surface area contributed by atoms with Gasteiger partial charge in [0.05, 0.1) is 6.61 Å². The van der Waals surface area contributed by atoms with Crippen molar-refractivity contribution in [3.05, 3.63) is 23.8 Å². The molecule has 0 aliphatic heterocycles. The molecule has 6 heteroatoms. The van der Waals surface area contributed by atoms with Crippen LogP contribution in [0.2, 0.25) is 0 Å². The van der Waals surface area contributed by atoms with E-state index in [4.69, 9.17) is 20.3 Å². The third-order valence-corrected chi connectivity index (χ3v) is 2.65. The molecule has 1 rings (SSSR count). The fourth-order valence-electron chi connectivity index (χ4n) is 1.61. The fourth-order valence-corrected chi connectivity index (χ4v) is 1.61. The average Bonchev–Trinajstić information content (AvgIpc) is 2.40. The van der Waals surface area contributed by atoms with Crippen LogP contribution in [0.3, 0.4) is 0 Å². The van der Waals surface area contributed by atoms with Crippen molar-refractivity contribution in [3.8, 4) is 5.75 Å². The highest BCUT2D eigenvalue weighted by molar-refractivity contribution is 5.92. The maximum atomic E-state index is 11.4. The number of nitrogen functional groups attached to an aromatic ring is 1. The maximum absolute atomic E-state index is 11.4. The third-order valence-electron chi connectivity index (χ3n) is 2.65. The summed E-state index contributed by atoms with van der Waals surface area (Å²) in [6.45, 7) is 2.35. The van der Waals surface area contributed by atoms with Gasteiger partial charge in [0.25, 0.3) is 0 Å². The smallest absolute Gasteiger partial charge is 0.478 e. The molecule has 0 aliphatic carbocycles. The van der Waals surface area contributed by atoms with Crippen molar-refractivity contribution in [1.29, 1.82) is 0 Å². The van der Waals surface area contributed by atoms with E-state index in [-0.39, 0.29) is 23.6 Å². The monoisotopic (exact) mass is 281 g/mol. The Bertz CT molecular complexity index is 473. The lowest BCUT2D eigenvalue weighted by Gasteiger charge is -2.08. The predicted molar refractivity (Wildman–Crippen MR) is 73.9 cm³/mol. The van der Waals surface area contributed by atoms with Gasteiger partial charge < -0.3 is 20.3 Å². The number of carboxylic acids is 1. The molecule has 0 bridgehead atoms. The summed E-state index contributed by atoms with van der Waals surface area (Å²) in [4.78, 5) is 22.4. The number of hydrogen-bond acceptors (Lipinski definition) is 5. The van der Waals surface area contributed by atoms with Gasteiger partial charge in [-0.05, 0) is 24.6 Å². The number of carbonyl (C=O) groups excluding carboxylic acids is 1. The Kier molecular flexibility index (Phi) is 6.36. The topological polar surface area (TPSA) is 98.9 Å². The van der Waals surface area contributed by atoms with E-state index in [1.54, 1.807) is 0 Å². The number of hydrogen-bond donors (Lipinski definition) is 2. The van der Waals surface area contributed by atoms with Gasteiger partial charge in [0.1, 0.15) is 11.3 Å². The minimum absolute atomic E-state index is 0.0785.